The largest absolute Gasteiger partial charge is 0.259 e. The van der Waals surface area contributed by atoms with Crippen LogP contribution in [0.1, 0.15) is 5.56 Å². The molecule has 0 bridgehead atoms. The SMILES string of the molecule is Clc1nccnc1N/N=C/c1ccccc1. The van der Waals surface area contributed by atoms with Crippen LogP contribution >= 0.6 is 11.6 Å². The lowest BCUT2D eigenvalue weighted by molar-refractivity contribution is 1.16. The first-order valence-corrected chi connectivity index (χ1v) is 5.05. The molecule has 0 unspecified atom stereocenters. The quantitative estimate of drug-likeness (QED) is 0.654. The second-order valence-corrected chi connectivity index (χ2v) is 3.33. The number of nitrogens with one attached hydrogen (secondary N) is 1. The molecule has 1 aromatic carbocycles. The summed E-state index contributed by atoms with van der Waals surface area (Å²) >= 11 is 5.80. The molecular formula is C11H9ClN4. The molecule has 0 fully saturated rings. The van der Waals surface area contributed by atoms with Crippen molar-refractivity contribution in [3.05, 3.63) is 53.4 Å². The number of halogens is 1. The van der Waals surface area contributed by atoms with Gasteiger partial charge in [-0.15, -0.1) is 0 Å². The van der Waals surface area contributed by atoms with Gasteiger partial charge in [0.15, 0.2) is 11.0 Å². The molecule has 0 spiro atoms. The van der Waals surface area contributed by atoms with E-state index in [1.807, 2.05) is 30.3 Å². The molecule has 1 aromatic heterocycles. The van der Waals surface area contributed by atoms with Crippen molar-refractivity contribution in [3.63, 3.8) is 0 Å². The molecule has 0 aliphatic carbocycles. The van der Waals surface area contributed by atoms with Crippen molar-refractivity contribution in [2.75, 3.05) is 5.43 Å². The summed E-state index contributed by atoms with van der Waals surface area (Å²) in [5, 5.41) is 4.31. The van der Waals surface area contributed by atoms with Crippen LogP contribution in [0.5, 0.6) is 0 Å². The fourth-order valence-corrected chi connectivity index (χ4v) is 1.25. The summed E-state index contributed by atoms with van der Waals surface area (Å²) in [5.41, 5.74) is 3.72. The van der Waals surface area contributed by atoms with E-state index in [1.165, 1.54) is 6.20 Å². The smallest absolute Gasteiger partial charge is 0.184 e. The van der Waals surface area contributed by atoms with Gasteiger partial charge in [-0.1, -0.05) is 41.9 Å². The standard InChI is InChI=1S/C11H9ClN4/c12-10-11(14-7-6-13-10)16-15-8-9-4-2-1-3-5-9/h1-8H,(H,14,16)/b15-8+. The third-order valence-corrected chi connectivity index (χ3v) is 2.11. The number of hydrazone groups is 1. The molecule has 2 rings (SSSR count). The van der Waals surface area contributed by atoms with Crippen LogP contribution in [0.25, 0.3) is 0 Å². The summed E-state index contributed by atoms with van der Waals surface area (Å²) in [6.07, 6.45) is 4.76. The Morgan fingerprint density at radius 3 is 2.62 bits per heavy atom. The van der Waals surface area contributed by atoms with E-state index in [1.54, 1.807) is 12.4 Å². The summed E-state index contributed by atoms with van der Waals surface area (Å²) in [6.45, 7) is 0. The van der Waals surface area contributed by atoms with Crippen molar-refractivity contribution >= 4 is 23.6 Å². The van der Waals surface area contributed by atoms with Crippen LogP contribution in [-0.2, 0) is 0 Å². The lowest BCUT2D eigenvalue weighted by Crippen LogP contribution is -1.95. The zero-order chi connectivity index (χ0) is 11.2. The van der Waals surface area contributed by atoms with Gasteiger partial charge in [-0.25, -0.2) is 9.97 Å². The molecule has 0 saturated heterocycles. The fraction of sp³-hybridized carbons (Fsp3) is 0. The third kappa shape index (κ3) is 2.77. The zero-order valence-corrected chi connectivity index (χ0v) is 9.09. The average Bonchev–Trinajstić information content (AvgIpc) is 2.33. The van der Waals surface area contributed by atoms with E-state index < -0.39 is 0 Å². The molecule has 1 N–H and O–H groups in total. The van der Waals surface area contributed by atoms with Gasteiger partial charge in [0.05, 0.1) is 6.21 Å². The number of hydrogen-bond acceptors (Lipinski definition) is 4. The maximum Gasteiger partial charge on any atom is 0.184 e. The molecule has 0 radical (unpaired) electrons. The number of hydrogen-bond donors (Lipinski definition) is 1. The van der Waals surface area contributed by atoms with Crippen molar-refractivity contribution in [3.8, 4) is 0 Å². The number of rotatable bonds is 3. The minimum atomic E-state index is 0.299. The van der Waals surface area contributed by atoms with Gasteiger partial charge in [-0.05, 0) is 5.56 Å². The van der Waals surface area contributed by atoms with Crippen LogP contribution < -0.4 is 5.43 Å². The van der Waals surface area contributed by atoms with E-state index in [-0.39, 0.29) is 0 Å². The van der Waals surface area contributed by atoms with Crippen LogP contribution in [0.15, 0.2) is 47.8 Å². The summed E-state index contributed by atoms with van der Waals surface area (Å²) < 4.78 is 0. The molecule has 16 heavy (non-hydrogen) atoms. The van der Waals surface area contributed by atoms with Gasteiger partial charge >= 0.3 is 0 Å². The Hall–Kier alpha value is -1.94. The first kappa shape index (κ1) is 10.6. The Balaban J connectivity index is 2.03. The van der Waals surface area contributed by atoms with Gasteiger partial charge in [0, 0.05) is 12.4 Å². The van der Waals surface area contributed by atoms with Gasteiger partial charge in [0.25, 0.3) is 0 Å². The molecule has 0 atom stereocenters. The highest BCUT2D eigenvalue weighted by molar-refractivity contribution is 6.31. The van der Waals surface area contributed by atoms with Crippen molar-refractivity contribution < 1.29 is 0 Å². The number of anilines is 1. The lowest BCUT2D eigenvalue weighted by atomic mass is 10.2. The molecule has 80 valence electrons. The summed E-state index contributed by atoms with van der Waals surface area (Å²) in [4.78, 5) is 7.86. The Morgan fingerprint density at radius 1 is 1.12 bits per heavy atom. The van der Waals surface area contributed by atoms with Crippen LogP contribution in [0, 0.1) is 0 Å². The van der Waals surface area contributed by atoms with Crippen LogP contribution in [0.4, 0.5) is 5.82 Å². The molecule has 5 heteroatoms. The number of benzene rings is 1. The summed E-state index contributed by atoms with van der Waals surface area (Å²) in [6, 6.07) is 9.73. The van der Waals surface area contributed by atoms with E-state index >= 15 is 0 Å². The van der Waals surface area contributed by atoms with Crippen molar-refractivity contribution in [2.24, 2.45) is 5.10 Å². The normalized spacial score (nSPS) is 10.6. The number of nitrogens with zero attached hydrogens (tertiary/aromatic N) is 3. The van der Waals surface area contributed by atoms with Crippen LogP contribution in [0.2, 0.25) is 5.15 Å². The van der Waals surface area contributed by atoms with Gasteiger partial charge in [-0.3, -0.25) is 5.43 Å². The highest BCUT2D eigenvalue weighted by Gasteiger charge is 1.98. The second-order valence-electron chi connectivity index (χ2n) is 2.98. The van der Waals surface area contributed by atoms with Gasteiger partial charge in [0.2, 0.25) is 0 Å². The minimum absolute atomic E-state index is 0.299. The molecule has 0 amide bonds. The van der Waals surface area contributed by atoms with Gasteiger partial charge in [0.1, 0.15) is 0 Å². The van der Waals surface area contributed by atoms with Crippen LogP contribution in [-0.4, -0.2) is 16.2 Å². The van der Waals surface area contributed by atoms with E-state index in [4.69, 9.17) is 11.6 Å². The predicted molar refractivity (Wildman–Crippen MR) is 64.7 cm³/mol. The highest BCUT2D eigenvalue weighted by Crippen LogP contribution is 2.13. The Labute approximate surface area is 98.0 Å². The Morgan fingerprint density at radius 2 is 1.88 bits per heavy atom. The molecule has 1 heterocycles. The topological polar surface area (TPSA) is 50.2 Å². The number of aromatic nitrogens is 2. The van der Waals surface area contributed by atoms with Crippen molar-refractivity contribution in [1.29, 1.82) is 0 Å². The van der Waals surface area contributed by atoms with E-state index in [2.05, 4.69) is 20.5 Å². The van der Waals surface area contributed by atoms with Crippen LogP contribution in [0.3, 0.4) is 0 Å². The Kier molecular flexibility index (Phi) is 3.46. The molecular weight excluding hydrogens is 224 g/mol. The zero-order valence-electron chi connectivity index (χ0n) is 8.34. The first-order chi connectivity index (χ1) is 7.86. The van der Waals surface area contributed by atoms with Gasteiger partial charge < -0.3 is 0 Å². The van der Waals surface area contributed by atoms with Crippen molar-refractivity contribution in [2.45, 2.75) is 0 Å². The van der Waals surface area contributed by atoms with E-state index in [0.717, 1.165) is 5.56 Å². The predicted octanol–water partition coefficient (Wildman–Crippen LogP) is 2.58. The van der Waals surface area contributed by atoms with E-state index in [9.17, 15) is 0 Å². The molecule has 0 aliphatic heterocycles. The minimum Gasteiger partial charge on any atom is -0.259 e. The third-order valence-electron chi connectivity index (χ3n) is 1.84. The lowest BCUT2D eigenvalue weighted by Gasteiger charge is -1.99. The monoisotopic (exact) mass is 232 g/mol. The molecule has 2 aromatic rings. The maximum atomic E-state index is 5.80. The summed E-state index contributed by atoms with van der Waals surface area (Å²) in [5.74, 6) is 0.441. The fourth-order valence-electron chi connectivity index (χ4n) is 1.10. The van der Waals surface area contributed by atoms with Crippen molar-refractivity contribution in [1.82, 2.24) is 9.97 Å². The summed E-state index contributed by atoms with van der Waals surface area (Å²) in [7, 11) is 0. The molecule has 0 saturated carbocycles. The highest BCUT2D eigenvalue weighted by atomic mass is 35.5. The average molecular weight is 233 g/mol. The molecule has 0 aliphatic rings. The maximum absolute atomic E-state index is 5.80. The molecule has 4 nitrogen and oxygen atoms in total. The van der Waals surface area contributed by atoms with Gasteiger partial charge in [-0.2, -0.15) is 5.10 Å². The first-order valence-electron chi connectivity index (χ1n) is 4.67. The second kappa shape index (κ2) is 5.23. The van der Waals surface area contributed by atoms with E-state index in [0.29, 0.717) is 11.0 Å². The Bertz CT molecular complexity index is 484.